The van der Waals surface area contributed by atoms with Gasteiger partial charge in [0.25, 0.3) is 0 Å². The predicted octanol–water partition coefficient (Wildman–Crippen LogP) is 1.41. The molecular formula is C12H16N4O. The van der Waals surface area contributed by atoms with Gasteiger partial charge < -0.3 is 15.0 Å². The molecule has 1 atom stereocenters. The average Bonchev–Trinajstić information content (AvgIpc) is 3.09. The number of fused-ring (bicyclic) bond motifs is 1. The van der Waals surface area contributed by atoms with E-state index in [-0.39, 0.29) is 6.04 Å². The lowest BCUT2D eigenvalue weighted by Gasteiger charge is -2.12. The van der Waals surface area contributed by atoms with Crippen LogP contribution in [0.15, 0.2) is 18.3 Å². The van der Waals surface area contributed by atoms with Crippen LogP contribution < -0.4 is 5.73 Å². The van der Waals surface area contributed by atoms with Gasteiger partial charge in [-0.25, -0.2) is 9.97 Å². The lowest BCUT2D eigenvalue weighted by atomic mass is 10.3. The van der Waals surface area contributed by atoms with Crippen LogP contribution in [-0.4, -0.2) is 28.3 Å². The first kappa shape index (κ1) is 10.7. The number of rotatable bonds is 4. The Labute approximate surface area is 99.6 Å². The smallest absolute Gasteiger partial charge is 0.160 e. The summed E-state index contributed by atoms with van der Waals surface area (Å²) in [6.45, 7) is 0.482. The fourth-order valence-corrected chi connectivity index (χ4v) is 2.16. The summed E-state index contributed by atoms with van der Waals surface area (Å²) in [4.78, 5) is 9.00. The Morgan fingerprint density at radius 1 is 1.59 bits per heavy atom. The number of imidazole rings is 1. The second-order valence-corrected chi connectivity index (χ2v) is 4.48. The highest BCUT2D eigenvalue weighted by molar-refractivity contribution is 5.71. The van der Waals surface area contributed by atoms with Crippen molar-refractivity contribution in [2.24, 2.45) is 5.73 Å². The van der Waals surface area contributed by atoms with E-state index in [1.165, 1.54) is 12.8 Å². The molecule has 3 rings (SSSR count). The molecule has 0 spiro atoms. The Morgan fingerprint density at radius 2 is 2.41 bits per heavy atom. The predicted molar refractivity (Wildman–Crippen MR) is 64.6 cm³/mol. The second-order valence-electron chi connectivity index (χ2n) is 4.48. The van der Waals surface area contributed by atoms with Crippen LogP contribution in [0.25, 0.3) is 11.2 Å². The number of aromatic nitrogens is 3. The van der Waals surface area contributed by atoms with Gasteiger partial charge in [-0.2, -0.15) is 0 Å². The van der Waals surface area contributed by atoms with Gasteiger partial charge in [-0.3, -0.25) is 0 Å². The number of hydrogen-bond donors (Lipinski definition) is 1. The largest absolute Gasteiger partial charge is 0.383 e. The quantitative estimate of drug-likeness (QED) is 0.865. The van der Waals surface area contributed by atoms with Gasteiger partial charge in [0.2, 0.25) is 0 Å². The van der Waals surface area contributed by atoms with Crippen molar-refractivity contribution in [1.29, 1.82) is 0 Å². The number of pyridine rings is 1. The molecule has 5 heteroatoms. The normalized spacial score (nSPS) is 17.5. The Morgan fingerprint density at radius 3 is 3.12 bits per heavy atom. The van der Waals surface area contributed by atoms with Gasteiger partial charge >= 0.3 is 0 Å². The maximum absolute atomic E-state index is 6.10. The minimum Gasteiger partial charge on any atom is -0.383 e. The van der Waals surface area contributed by atoms with Crippen LogP contribution in [0.4, 0.5) is 0 Å². The highest BCUT2D eigenvalue weighted by Gasteiger charge is 2.30. The molecule has 90 valence electrons. The highest BCUT2D eigenvalue weighted by atomic mass is 16.5. The van der Waals surface area contributed by atoms with Crippen molar-refractivity contribution in [3.63, 3.8) is 0 Å². The molecule has 0 radical (unpaired) electrons. The third-order valence-electron chi connectivity index (χ3n) is 3.07. The first-order valence-corrected chi connectivity index (χ1v) is 5.88. The summed E-state index contributed by atoms with van der Waals surface area (Å²) < 4.78 is 7.29. The van der Waals surface area contributed by atoms with E-state index < -0.39 is 0 Å². The average molecular weight is 232 g/mol. The van der Waals surface area contributed by atoms with E-state index in [0.29, 0.717) is 12.6 Å². The fourth-order valence-electron chi connectivity index (χ4n) is 2.16. The van der Waals surface area contributed by atoms with E-state index in [1.807, 2.05) is 12.1 Å². The fraction of sp³-hybridized carbons (Fsp3) is 0.500. The molecule has 0 aromatic carbocycles. The highest BCUT2D eigenvalue weighted by Crippen LogP contribution is 2.39. The van der Waals surface area contributed by atoms with Crippen LogP contribution in [0.3, 0.4) is 0 Å². The van der Waals surface area contributed by atoms with Crippen molar-refractivity contribution in [1.82, 2.24) is 14.5 Å². The number of nitrogens with two attached hydrogens (primary N) is 1. The van der Waals surface area contributed by atoms with E-state index in [2.05, 4.69) is 14.5 Å². The molecule has 5 nitrogen and oxygen atoms in total. The van der Waals surface area contributed by atoms with Crippen LogP contribution in [-0.2, 0) is 4.74 Å². The minimum atomic E-state index is -0.185. The summed E-state index contributed by atoms with van der Waals surface area (Å²) >= 11 is 0. The summed E-state index contributed by atoms with van der Waals surface area (Å²) in [6.07, 6.45) is 4.18. The zero-order chi connectivity index (χ0) is 11.8. The van der Waals surface area contributed by atoms with E-state index in [4.69, 9.17) is 10.5 Å². The van der Waals surface area contributed by atoms with Crippen LogP contribution in [0.1, 0.15) is 30.7 Å². The number of nitrogens with zero attached hydrogens (tertiary/aromatic N) is 3. The molecule has 0 aliphatic heterocycles. The molecule has 1 aliphatic carbocycles. The second kappa shape index (κ2) is 4.09. The zero-order valence-electron chi connectivity index (χ0n) is 9.84. The lowest BCUT2D eigenvalue weighted by molar-refractivity contribution is 0.177. The van der Waals surface area contributed by atoms with Gasteiger partial charge in [-0.05, 0) is 25.0 Å². The Balaban J connectivity index is 2.12. The summed E-state index contributed by atoms with van der Waals surface area (Å²) in [5.41, 5.74) is 7.96. The van der Waals surface area contributed by atoms with Gasteiger partial charge in [0.05, 0.1) is 12.6 Å². The van der Waals surface area contributed by atoms with Crippen molar-refractivity contribution < 1.29 is 4.74 Å². The minimum absolute atomic E-state index is 0.185. The number of hydrogen-bond acceptors (Lipinski definition) is 4. The number of methoxy groups -OCH3 is 1. The molecule has 0 bridgehead atoms. The molecule has 1 aliphatic rings. The van der Waals surface area contributed by atoms with E-state index in [9.17, 15) is 0 Å². The molecule has 2 aromatic heterocycles. The SMILES string of the molecule is COCC(N)c1nc2cccnc2n1C1CC1. The summed E-state index contributed by atoms with van der Waals surface area (Å²) in [5, 5.41) is 0. The number of ether oxygens (including phenoxy) is 1. The molecule has 2 heterocycles. The lowest BCUT2D eigenvalue weighted by Crippen LogP contribution is -2.21. The van der Waals surface area contributed by atoms with Crippen LogP contribution >= 0.6 is 0 Å². The molecule has 1 unspecified atom stereocenters. The third-order valence-corrected chi connectivity index (χ3v) is 3.07. The van der Waals surface area contributed by atoms with Gasteiger partial charge in [0, 0.05) is 19.3 Å². The molecule has 0 amide bonds. The topological polar surface area (TPSA) is 66.0 Å². The monoisotopic (exact) mass is 232 g/mol. The van der Waals surface area contributed by atoms with Crippen LogP contribution in [0.5, 0.6) is 0 Å². The van der Waals surface area contributed by atoms with Gasteiger partial charge in [0.1, 0.15) is 11.3 Å². The summed E-state index contributed by atoms with van der Waals surface area (Å²) in [6, 6.07) is 4.21. The first-order valence-electron chi connectivity index (χ1n) is 5.88. The standard InChI is InChI=1S/C12H16N4O/c1-17-7-9(13)11-15-10-3-2-6-14-12(10)16(11)8-4-5-8/h2-3,6,8-9H,4-5,7,13H2,1H3. The third kappa shape index (κ3) is 1.81. The molecular weight excluding hydrogens is 216 g/mol. The van der Waals surface area contributed by atoms with E-state index >= 15 is 0 Å². The Bertz CT molecular complexity index is 532. The molecule has 0 saturated heterocycles. The molecule has 1 saturated carbocycles. The Kier molecular flexibility index (Phi) is 2.57. The van der Waals surface area contributed by atoms with E-state index in [0.717, 1.165) is 17.0 Å². The summed E-state index contributed by atoms with van der Waals surface area (Å²) in [7, 11) is 1.65. The van der Waals surface area contributed by atoms with Crippen molar-refractivity contribution in [2.45, 2.75) is 24.9 Å². The zero-order valence-corrected chi connectivity index (χ0v) is 9.84. The molecule has 1 fully saturated rings. The van der Waals surface area contributed by atoms with Crippen molar-refractivity contribution in [3.8, 4) is 0 Å². The van der Waals surface area contributed by atoms with Crippen LogP contribution in [0, 0.1) is 0 Å². The van der Waals surface area contributed by atoms with Crippen molar-refractivity contribution >= 4 is 11.2 Å². The molecule has 2 N–H and O–H groups in total. The first-order chi connectivity index (χ1) is 8.31. The van der Waals surface area contributed by atoms with Gasteiger partial charge in [-0.1, -0.05) is 0 Å². The molecule has 2 aromatic rings. The van der Waals surface area contributed by atoms with Crippen LogP contribution in [0.2, 0.25) is 0 Å². The summed E-state index contributed by atoms with van der Waals surface area (Å²) in [5.74, 6) is 0.892. The van der Waals surface area contributed by atoms with Gasteiger partial charge in [0.15, 0.2) is 5.65 Å². The van der Waals surface area contributed by atoms with Gasteiger partial charge in [-0.15, -0.1) is 0 Å². The van der Waals surface area contributed by atoms with Crippen molar-refractivity contribution in [3.05, 3.63) is 24.2 Å². The van der Waals surface area contributed by atoms with E-state index in [1.54, 1.807) is 13.3 Å². The maximum Gasteiger partial charge on any atom is 0.160 e. The maximum atomic E-state index is 6.10. The Hall–Kier alpha value is -1.46. The molecule has 17 heavy (non-hydrogen) atoms. The van der Waals surface area contributed by atoms with Crippen molar-refractivity contribution in [2.75, 3.05) is 13.7 Å².